The maximum Gasteiger partial charge on any atom is 0.124 e. The van der Waals surface area contributed by atoms with Crippen LogP contribution in [-0.4, -0.2) is 49.6 Å². The third-order valence-electron chi connectivity index (χ3n) is 4.94. The molecule has 27 heavy (non-hydrogen) atoms. The zero-order chi connectivity index (χ0) is 19.2. The Bertz CT molecular complexity index is 766. The summed E-state index contributed by atoms with van der Waals surface area (Å²) < 4.78 is 20.2. The normalized spacial score (nSPS) is 15.9. The molecule has 2 aromatic rings. The lowest BCUT2D eigenvalue weighted by atomic mass is 10.1. The van der Waals surface area contributed by atoms with E-state index >= 15 is 0 Å². The van der Waals surface area contributed by atoms with Gasteiger partial charge < -0.3 is 14.5 Å². The van der Waals surface area contributed by atoms with Crippen LogP contribution in [0, 0.1) is 5.82 Å². The highest BCUT2D eigenvalue weighted by Gasteiger charge is 2.14. The molecule has 0 spiro atoms. The van der Waals surface area contributed by atoms with Crippen molar-refractivity contribution in [2.75, 3.05) is 39.8 Å². The maximum atomic E-state index is 13.2. The molecule has 1 aliphatic heterocycles. The lowest BCUT2D eigenvalue weighted by Gasteiger charge is -2.32. The van der Waals surface area contributed by atoms with E-state index in [9.17, 15) is 4.39 Å². The number of aryl methyl sites for hydroxylation is 1. The highest BCUT2D eigenvalue weighted by atomic mass is 79.9. The van der Waals surface area contributed by atoms with E-state index in [1.807, 2.05) is 12.1 Å². The number of benzene rings is 2. The predicted octanol–water partition coefficient (Wildman–Crippen LogP) is 5.00. The Morgan fingerprint density at radius 1 is 1.07 bits per heavy atom. The smallest absolute Gasteiger partial charge is 0.124 e. The number of nitrogens with zero attached hydrogens (tertiary/aromatic N) is 2. The van der Waals surface area contributed by atoms with E-state index in [0.29, 0.717) is 11.6 Å². The maximum absolute atomic E-state index is 13.2. The molecule has 2 aromatic carbocycles. The molecule has 0 saturated carbocycles. The summed E-state index contributed by atoms with van der Waals surface area (Å²) in [6.45, 7) is 5.99. The van der Waals surface area contributed by atoms with E-state index in [1.165, 1.54) is 17.7 Å². The van der Waals surface area contributed by atoms with Crippen molar-refractivity contribution in [1.82, 2.24) is 9.80 Å². The van der Waals surface area contributed by atoms with Crippen molar-refractivity contribution in [1.29, 1.82) is 0 Å². The Hall–Kier alpha value is -1.14. The molecule has 0 radical (unpaired) electrons. The van der Waals surface area contributed by atoms with Crippen molar-refractivity contribution in [3.63, 3.8) is 0 Å². The summed E-state index contributed by atoms with van der Waals surface area (Å²) in [5, 5.41) is 0.392. The number of likely N-dealkylation sites (N-methyl/N-ethyl adjacent to an activating group) is 1. The van der Waals surface area contributed by atoms with Crippen LogP contribution in [0.3, 0.4) is 0 Å². The van der Waals surface area contributed by atoms with Crippen molar-refractivity contribution in [2.24, 2.45) is 0 Å². The van der Waals surface area contributed by atoms with Gasteiger partial charge in [-0.2, -0.15) is 0 Å². The summed E-state index contributed by atoms with van der Waals surface area (Å²) in [5.41, 5.74) is 1.96. The van der Waals surface area contributed by atoms with Gasteiger partial charge in [-0.25, -0.2) is 4.39 Å². The van der Waals surface area contributed by atoms with E-state index in [2.05, 4.69) is 38.8 Å². The second-order valence-electron chi connectivity index (χ2n) is 7.02. The number of hydrogen-bond donors (Lipinski definition) is 0. The fraction of sp³-hybridized carbons (Fsp3) is 0.429. The molecular formula is C21H25BrClFN2O. The fourth-order valence-electron chi connectivity index (χ4n) is 3.24. The Kier molecular flexibility index (Phi) is 7.53. The molecule has 0 aromatic heterocycles. The summed E-state index contributed by atoms with van der Waals surface area (Å²) in [6.07, 6.45) is 2.05. The molecule has 0 unspecified atom stereocenters. The summed E-state index contributed by atoms with van der Waals surface area (Å²) >= 11 is 9.66. The minimum absolute atomic E-state index is 0.326. The van der Waals surface area contributed by atoms with Gasteiger partial charge in [0.25, 0.3) is 0 Å². The zero-order valence-corrected chi connectivity index (χ0v) is 17.9. The average molecular weight is 456 g/mol. The van der Waals surface area contributed by atoms with Crippen molar-refractivity contribution in [2.45, 2.75) is 19.4 Å². The second-order valence-corrected chi connectivity index (χ2v) is 8.35. The molecule has 146 valence electrons. The SMILES string of the molecule is CN1CCN(CCCc2cc(Br)ccc2OCc2ccc(F)cc2Cl)CC1. The molecule has 1 heterocycles. The number of halogens is 3. The molecule has 1 aliphatic rings. The molecule has 1 saturated heterocycles. The summed E-state index contributed by atoms with van der Waals surface area (Å²) in [5.74, 6) is 0.522. The van der Waals surface area contributed by atoms with Crippen LogP contribution in [0.5, 0.6) is 5.75 Å². The largest absolute Gasteiger partial charge is 0.489 e. The van der Waals surface area contributed by atoms with Crippen LogP contribution in [-0.2, 0) is 13.0 Å². The van der Waals surface area contributed by atoms with E-state index in [0.717, 1.165) is 61.4 Å². The number of ether oxygens (including phenoxy) is 1. The molecule has 0 atom stereocenters. The number of hydrogen-bond acceptors (Lipinski definition) is 3. The van der Waals surface area contributed by atoms with Crippen molar-refractivity contribution in [3.8, 4) is 5.75 Å². The minimum Gasteiger partial charge on any atom is -0.489 e. The Balaban J connectivity index is 1.57. The summed E-state index contributed by atoms with van der Waals surface area (Å²) in [6, 6.07) is 10.5. The van der Waals surface area contributed by atoms with Gasteiger partial charge in [0, 0.05) is 36.2 Å². The lowest BCUT2D eigenvalue weighted by molar-refractivity contribution is 0.153. The predicted molar refractivity (Wildman–Crippen MR) is 112 cm³/mol. The first-order valence-corrected chi connectivity index (χ1v) is 10.4. The highest BCUT2D eigenvalue weighted by Crippen LogP contribution is 2.27. The quantitative estimate of drug-likeness (QED) is 0.584. The van der Waals surface area contributed by atoms with E-state index in [1.54, 1.807) is 6.07 Å². The van der Waals surface area contributed by atoms with Crippen LogP contribution >= 0.6 is 27.5 Å². The lowest BCUT2D eigenvalue weighted by Crippen LogP contribution is -2.44. The van der Waals surface area contributed by atoms with Crippen molar-refractivity contribution in [3.05, 3.63) is 62.8 Å². The van der Waals surface area contributed by atoms with Crippen LogP contribution < -0.4 is 4.74 Å². The standard InChI is InChI=1S/C21H25BrClFN2O/c1-25-9-11-26(12-10-25)8-2-3-16-13-18(22)5-7-21(16)27-15-17-4-6-19(24)14-20(17)23/h4-7,13-14H,2-3,8-12,15H2,1H3. The first-order valence-electron chi connectivity index (χ1n) is 9.27. The highest BCUT2D eigenvalue weighted by molar-refractivity contribution is 9.10. The topological polar surface area (TPSA) is 15.7 Å². The van der Waals surface area contributed by atoms with Gasteiger partial charge in [-0.3, -0.25) is 0 Å². The van der Waals surface area contributed by atoms with E-state index in [-0.39, 0.29) is 5.82 Å². The van der Waals surface area contributed by atoms with Crippen LogP contribution in [0.15, 0.2) is 40.9 Å². The molecule has 0 N–H and O–H groups in total. The number of rotatable bonds is 7. The molecule has 3 nitrogen and oxygen atoms in total. The van der Waals surface area contributed by atoms with Crippen LogP contribution in [0.2, 0.25) is 5.02 Å². The molecule has 0 bridgehead atoms. The van der Waals surface area contributed by atoms with Gasteiger partial charge in [0.2, 0.25) is 0 Å². The molecule has 1 fully saturated rings. The third kappa shape index (κ3) is 6.18. The van der Waals surface area contributed by atoms with Gasteiger partial charge >= 0.3 is 0 Å². The average Bonchev–Trinajstić information content (AvgIpc) is 2.64. The molecule has 0 aliphatic carbocycles. The molecular weight excluding hydrogens is 431 g/mol. The summed E-state index contributed by atoms with van der Waals surface area (Å²) in [4.78, 5) is 4.90. The van der Waals surface area contributed by atoms with Gasteiger partial charge in [0.05, 0.1) is 5.02 Å². The van der Waals surface area contributed by atoms with Crippen LogP contribution in [0.4, 0.5) is 4.39 Å². The molecule has 3 rings (SSSR count). The Labute approximate surface area is 174 Å². The molecule has 0 amide bonds. The van der Waals surface area contributed by atoms with Gasteiger partial charge in [0.1, 0.15) is 18.2 Å². The zero-order valence-electron chi connectivity index (χ0n) is 15.6. The van der Waals surface area contributed by atoms with Gasteiger partial charge in [-0.1, -0.05) is 33.6 Å². The van der Waals surface area contributed by atoms with Gasteiger partial charge in [0.15, 0.2) is 0 Å². The van der Waals surface area contributed by atoms with Gasteiger partial charge in [-0.15, -0.1) is 0 Å². The van der Waals surface area contributed by atoms with Crippen molar-refractivity contribution >= 4 is 27.5 Å². The first-order chi connectivity index (χ1) is 13.0. The summed E-state index contributed by atoms with van der Waals surface area (Å²) in [7, 11) is 2.18. The number of piperazine rings is 1. The first kappa shape index (κ1) is 20.6. The van der Waals surface area contributed by atoms with E-state index < -0.39 is 0 Å². The monoisotopic (exact) mass is 454 g/mol. The van der Waals surface area contributed by atoms with Crippen molar-refractivity contribution < 1.29 is 9.13 Å². The van der Waals surface area contributed by atoms with Crippen LogP contribution in [0.1, 0.15) is 17.5 Å². The molecule has 6 heteroatoms. The fourth-order valence-corrected chi connectivity index (χ4v) is 3.87. The van der Waals surface area contributed by atoms with Crippen LogP contribution in [0.25, 0.3) is 0 Å². The Morgan fingerprint density at radius 2 is 1.85 bits per heavy atom. The Morgan fingerprint density at radius 3 is 2.59 bits per heavy atom. The van der Waals surface area contributed by atoms with Gasteiger partial charge in [-0.05, 0) is 62.3 Å². The minimum atomic E-state index is -0.336. The third-order valence-corrected chi connectivity index (χ3v) is 5.78. The van der Waals surface area contributed by atoms with E-state index in [4.69, 9.17) is 16.3 Å². The second kappa shape index (κ2) is 9.87.